The average Bonchev–Trinajstić information content (AvgIpc) is 2.66. The van der Waals surface area contributed by atoms with Gasteiger partial charge in [-0.2, -0.15) is 0 Å². The maximum atomic E-state index is 12.5. The van der Waals surface area contributed by atoms with Crippen LogP contribution in [-0.2, 0) is 16.6 Å². The second-order valence-electron chi connectivity index (χ2n) is 6.10. The second-order valence-corrected chi connectivity index (χ2v) is 7.78. The van der Waals surface area contributed by atoms with Gasteiger partial charge < -0.3 is 9.73 Å². The number of aryl methyl sites for hydroxylation is 1. The number of rotatable bonds is 5. The summed E-state index contributed by atoms with van der Waals surface area (Å²) in [5.74, 6) is 1.79. The van der Waals surface area contributed by atoms with Crippen LogP contribution in [0.15, 0.2) is 15.4 Å². The van der Waals surface area contributed by atoms with Crippen LogP contribution in [0.1, 0.15) is 50.5 Å². The Balaban J connectivity index is 2.10. The predicted molar refractivity (Wildman–Crippen MR) is 82.6 cm³/mol. The third-order valence-corrected chi connectivity index (χ3v) is 5.77. The van der Waals surface area contributed by atoms with Crippen LogP contribution in [0.3, 0.4) is 0 Å². The molecule has 0 amide bonds. The molecule has 0 bridgehead atoms. The van der Waals surface area contributed by atoms with E-state index in [2.05, 4.69) is 17.0 Å². The fourth-order valence-electron chi connectivity index (χ4n) is 2.94. The molecule has 0 saturated heterocycles. The van der Waals surface area contributed by atoms with Gasteiger partial charge in [-0.25, -0.2) is 13.1 Å². The van der Waals surface area contributed by atoms with Crippen LogP contribution >= 0.6 is 0 Å². The van der Waals surface area contributed by atoms with Crippen molar-refractivity contribution in [2.75, 3.05) is 7.05 Å². The van der Waals surface area contributed by atoms with Crippen molar-refractivity contribution < 1.29 is 12.8 Å². The van der Waals surface area contributed by atoms with Crippen molar-refractivity contribution in [3.05, 3.63) is 17.6 Å². The second kappa shape index (κ2) is 6.94. The molecule has 1 aliphatic rings. The SMILES string of the molecule is CNCc1cc(S(=O)(=O)NC2CCCC(C)CC2)c(C)o1. The van der Waals surface area contributed by atoms with Crippen LogP contribution in [0, 0.1) is 12.8 Å². The Hall–Kier alpha value is -0.850. The Morgan fingerprint density at radius 1 is 1.29 bits per heavy atom. The van der Waals surface area contributed by atoms with E-state index in [1.165, 1.54) is 6.42 Å². The minimum absolute atomic E-state index is 0.0435. The van der Waals surface area contributed by atoms with Gasteiger partial charge >= 0.3 is 0 Å². The first kappa shape index (κ1) is 16.5. The van der Waals surface area contributed by atoms with Crippen LogP contribution in [0.2, 0.25) is 0 Å². The zero-order valence-electron chi connectivity index (χ0n) is 13.1. The monoisotopic (exact) mass is 314 g/mol. The highest BCUT2D eigenvalue weighted by molar-refractivity contribution is 7.89. The van der Waals surface area contributed by atoms with Crippen LogP contribution in [0.4, 0.5) is 0 Å². The minimum Gasteiger partial charge on any atom is -0.464 e. The van der Waals surface area contributed by atoms with E-state index in [4.69, 9.17) is 4.42 Å². The summed E-state index contributed by atoms with van der Waals surface area (Å²) in [6.45, 7) is 4.46. The summed E-state index contributed by atoms with van der Waals surface area (Å²) in [6.07, 6.45) is 5.20. The Morgan fingerprint density at radius 2 is 2.05 bits per heavy atom. The molecular weight excluding hydrogens is 288 g/mol. The van der Waals surface area contributed by atoms with Gasteiger partial charge in [0.15, 0.2) is 0 Å². The van der Waals surface area contributed by atoms with Crippen LogP contribution in [0.5, 0.6) is 0 Å². The molecule has 2 unspecified atom stereocenters. The number of furan rings is 1. The molecule has 1 aliphatic carbocycles. The zero-order chi connectivity index (χ0) is 15.5. The van der Waals surface area contributed by atoms with E-state index in [0.29, 0.717) is 24.0 Å². The molecule has 1 saturated carbocycles. The lowest BCUT2D eigenvalue weighted by Gasteiger charge is -2.16. The molecule has 6 heteroatoms. The van der Waals surface area contributed by atoms with Gasteiger partial charge in [0.05, 0.1) is 6.54 Å². The molecule has 0 radical (unpaired) electrons. The standard InChI is InChI=1S/C15H26N2O3S/c1-11-5-4-6-13(8-7-11)17-21(18,19)15-9-14(10-16-3)20-12(15)2/h9,11,13,16-17H,4-8,10H2,1-3H3. The summed E-state index contributed by atoms with van der Waals surface area (Å²) in [5, 5.41) is 2.96. The summed E-state index contributed by atoms with van der Waals surface area (Å²) in [5.41, 5.74) is 0. The molecule has 0 aliphatic heterocycles. The van der Waals surface area contributed by atoms with Crippen molar-refractivity contribution in [2.45, 2.75) is 63.4 Å². The Labute approximate surface area is 127 Å². The van der Waals surface area contributed by atoms with E-state index in [-0.39, 0.29) is 10.9 Å². The molecule has 0 spiro atoms. The normalized spacial score (nSPS) is 24.0. The smallest absolute Gasteiger partial charge is 0.244 e. The van der Waals surface area contributed by atoms with Crippen molar-refractivity contribution >= 4 is 10.0 Å². The summed E-state index contributed by atoms with van der Waals surface area (Å²) >= 11 is 0. The van der Waals surface area contributed by atoms with E-state index in [0.717, 1.165) is 25.7 Å². The molecule has 1 aromatic heterocycles. The molecule has 2 rings (SSSR count). The van der Waals surface area contributed by atoms with Crippen molar-refractivity contribution in [2.24, 2.45) is 5.92 Å². The number of sulfonamides is 1. The molecule has 1 aromatic rings. The molecule has 1 fully saturated rings. The van der Waals surface area contributed by atoms with E-state index in [1.807, 2.05) is 0 Å². The highest BCUT2D eigenvalue weighted by Gasteiger charge is 2.26. The molecule has 2 N–H and O–H groups in total. The van der Waals surface area contributed by atoms with Crippen molar-refractivity contribution in [3.8, 4) is 0 Å². The van der Waals surface area contributed by atoms with Gasteiger partial charge in [0.25, 0.3) is 0 Å². The summed E-state index contributed by atoms with van der Waals surface area (Å²) in [6, 6.07) is 1.66. The molecule has 120 valence electrons. The number of nitrogens with one attached hydrogen (secondary N) is 2. The summed E-state index contributed by atoms with van der Waals surface area (Å²) in [4.78, 5) is 0.269. The number of hydrogen-bond donors (Lipinski definition) is 2. The van der Waals surface area contributed by atoms with Gasteiger partial charge in [0.2, 0.25) is 10.0 Å². The first-order chi connectivity index (χ1) is 9.92. The third-order valence-electron chi connectivity index (χ3n) is 4.14. The van der Waals surface area contributed by atoms with Gasteiger partial charge in [-0.15, -0.1) is 0 Å². The Morgan fingerprint density at radius 3 is 2.76 bits per heavy atom. The Bertz CT molecular complexity index is 565. The van der Waals surface area contributed by atoms with Gasteiger partial charge in [0.1, 0.15) is 16.4 Å². The van der Waals surface area contributed by atoms with E-state index >= 15 is 0 Å². The summed E-state index contributed by atoms with van der Waals surface area (Å²) < 4.78 is 33.4. The molecule has 0 aromatic carbocycles. The molecule has 5 nitrogen and oxygen atoms in total. The first-order valence-corrected chi connectivity index (χ1v) is 9.17. The van der Waals surface area contributed by atoms with Crippen LogP contribution in [-0.4, -0.2) is 21.5 Å². The maximum Gasteiger partial charge on any atom is 0.244 e. The molecule has 1 heterocycles. The lowest BCUT2D eigenvalue weighted by atomic mass is 10.0. The third kappa shape index (κ3) is 4.31. The summed E-state index contributed by atoms with van der Waals surface area (Å²) in [7, 11) is -1.69. The zero-order valence-corrected chi connectivity index (χ0v) is 13.9. The predicted octanol–water partition coefficient (Wildman–Crippen LogP) is 2.55. The van der Waals surface area contributed by atoms with Gasteiger partial charge in [-0.3, -0.25) is 0 Å². The van der Waals surface area contributed by atoms with Crippen molar-refractivity contribution in [1.29, 1.82) is 0 Å². The molecule has 21 heavy (non-hydrogen) atoms. The van der Waals surface area contributed by atoms with E-state index in [1.54, 1.807) is 20.0 Å². The fraction of sp³-hybridized carbons (Fsp3) is 0.733. The Kier molecular flexibility index (Phi) is 5.46. The lowest BCUT2D eigenvalue weighted by molar-refractivity contribution is 0.463. The highest BCUT2D eigenvalue weighted by Crippen LogP contribution is 2.25. The topological polar surface area (TPSA) is 71.3 Å². The average molecular weight is 314 g/mol. The lowest BCUT2D eigenvalue weighted by Crippen LogP contribution is -2.34. The minimum atomic E-state index is -3.49. The van der Waals surface area contributed by atoms with Crippen LogP contribution < -0.4 is 10.0 Å². The van der Waals surface area contributed by atoms with E-state index in [9.17, 15) is 8.42 Å². The van der Waals surface area contributed by atoms with E-state index < -0.39 is 10.0 Å². The van der Waals surface area contributed by atoms with Crippen molar-refractivity contribution in [1.82, 2.24) is 10.0 Å². The maximum absolute atomic E-state index is 12.5. The van der Waals surface area contributed by atoms with Gasteiger partial charge in [-0.1, -0.05) is 19.8 Å². The van der Waals surface area contributed by atoms with Crippen molar-refractivity contribution in [3.63, 3.8) is 0 Å². The number of hydrogen-bond acceptors (Lipinski definition) is 4. The quantitative estimate of drug-likeness (QED) is 0.819. The van der Waals surface area contributed by atoms with Crippen LogP contribution in [0.25, 0.3) is 0 Å². The van der Waals surface area contributed by atoms with Gasteiger partial charge in [0, 0.05) is 12.1 Å². The molecule has 2 atom stereocenters. The first-order valence-electron chi connectivity index (χ1n) is 7.68. The largest absolute Gasteiger partial charge is 0.464 e. The highest BCUT2D eigenvalue weighted by atomic mass is 32.2. The molecular formula is C15H26N2O3S. The fourth-order valence-corrected chi connectivity index (χ4v) is 4.45. The van der Waals surface area contributed by atoms with Gasteiger partial charge in [-0.05, 0) is 39.2 Å².